The monoisotopic (exact) mass is 490 g/mol. The van der Waals surface area contributed by atoms with Crippen LogP contribution in [0.3, 0.4) is 0 Å². The molecule has 0 aromatic heterocycles. The number of nitrogens with one attached hydrogen (secondary N) is 2. The highest BCUT2D eigenvalue weighted by Crippen LogP contribution is 2.16. The molecular formula is C16H26F3IN4O2. The number of hydrogen-bond acceptors (Lipinski definition) is 4. The number of benzene rings is 1. The van der Waals surface area contributed by atoms with E-state index in [1.165, 1.54) is 11.9 Å². The summed E-state index contributed by atoms with van der Waals surface area (Å²) in [4.78, 5) is 5.21. The van der Waals surface area contributed by atoms with Crippen molar-refractivity contribution in [3.63, 3.8) is 0 Å². The number of rotatable bonds is 9. The molecule has 0 spiro atoms. The molecule has 0 saturated heterocycles. The first kappa shape index (κ1) is 24.6. The lowest BCUT2D eigenvalue weighted by molar-refractivity contribution is -0.142. The molecular weight excluding hydrogens is 464 g/mol. The predicted molar refractivity (Wildman–Crippen MR) is 107 cm³/mol. The Morgan fingerprint density at radius 2 is 1.69 bits per heavy atom. The van der Waals surface area contributed by atoms with E-state index in [0.29, 0.717) is 25.7 Å². The zero-order valence-electron chi connectivity index (χ0n) is 15.1. The fourth-order valence-electron chi connectivity index (χ4n) is 1.98. The second-order valence-electron chi connectivity index (χ2n) is 5.30. The van der Waals surface area contributed by atoms with Crippen molar-refractivity contribution in [2.75, 3.05) is 54.0 Å². The van der Waals surface area contributed by atoms with Gasteiger partial charge in [-0.1, -0.05) is 0 Å². The van der Waals surface area contributed by atoms with Crippen LogP contribution in [0.1, 0.15) is 0 Å². The fourth-order valence-corrected chi connectivity index (χ4v) is 1.98. The third kappa shape index (κ3) is 11.2. The van der Waals surface area contributed by atoms with Crippen molar-refractivity contribution in [2.45, 2.75) is 6.18 Å². The first-order valence-corrected chi connectivity index (χ1v) is 7.80. The SMILES string of the molecule is CN=C(NCCOc1ccc(OC)cc1)NCCN(C)CC(F)(F)F.I. The molecule has 0 bridgehead atoms. The van der Waals surface area contributed by atoms with Gasteiger partial charge in [0.25, 0.3) is 0 Å². The number of hydrogen-bond donors (Lipinski definition) is 2. The minimum Gasteiger partial charge on any atom is -0.497 e. The smallest absolute Gasteiger partial charge is 0.401 e. The van der Waals surface area contributed by atoms with Gasteiger partial charge in [-0.2, -0.15) is 13.2 Å². The molecule has 0 amide bonds. The minimum absolute atomic E-state index is 0. The molecule has 1 aromatic rings. The summed E-state index contributed by atoms with van der Waals surface area (Å²) in [6, 6.07) is 7.23. The van der Waals surface area contributed by atoms with Gasteiger partial charge in [0.15, 0.2) is 5.96 Å². The van der Waals surface area contributed by atoms with Crippen molar-refractivity contribution in [3.8, 4) is 11.5 Å². The summed E-state index contributed by atoms with van der Waals surface area (Å²) >= 11 is 0. The van der Waals surface area contributed by atoms with E-state index in [9.17, 15) is 13.2 Å². The van der Waals surface area contributed by atoms with Crippen LogP contribution in [0.15, 0.2) is 29.3 Å². The van der Waals surface area contributed by atoms with Gasteiger partial charge < -0.3 is 20.1 Å². The molecule has 0 unspecified atom stereocenters. The summed E-state index contributed by atoms with van der Waals surface area (Å²) in [5.41, 5.74) is 0. The maximum absolute atomic E-state index is 12.2. The van der Waals surface area contributed by atoms with Gasteiger partial charge in [-0.25, -0.2) is 0 Å². The lowest BCUT2D eigenvalue weighted by atomic mass is 10.3. The number of ether oxygens (including phenoxy) is 2. The van der Waals surface area contributed by atoms with Crippen LogP contribution in [-0.2, 0) is 0 Å². The van der Waals surface area contributed by atoms with Gasteiger partial charge >= 0.3 is 6.18 Å². The third-order valence-electron chi connectivity index (χ3n) is 3.18. The normalized spacial score (nSPS) is 11.7. The minimum atomic E-state index is -4.19. The predicted octanol–water partition coefficient (Wildman–Crippen LogP) is 2.35. The molecule has 0 saturated carbocycles. The summed E-state index contributed by atoms with van der Waals surface area (Å²) < 4.78 is 47.3. The second-order valence-corrected chi connectivity index (χ2v) is 5.30. The Kier molecular flexibility index (Phi) is 12.1. The Balaban J connectivity index is 0.00000625. The van der Waals surface area contributed by atoms with Gasteiger partial charge in [0.1, 0.15) is 18.1 Å². The lowest BCUT2D eigenvalue weighted by Gasteiger charge is -2.19. The highest BCUT2D eigenvalue weighted by atomic mass is 127. The molecule has 1 aromatic carbocycles. The summed E-state index contributed by atoms with van der Waals surface area (Å²) in [6.07, 6.45) is -4.19. The van der Waals surface area contributed by atoms with Crippen LogP contribution in [0, 0.1) is 0 Å². The van der Waals surface area contributed by atoms with E-state index in [4.69, 9.17) is 9.47 Å². The quantitative estimate of drug-likeness (QED) is 0.241. The van der Waals surface area contributed by atoms with Crippen LogP contribution < -0.4 is 20.1 Å². The molecule has 1 rings (SSSR count). The van der Waals surface area contributed by atoms with Crippen molar-refractivity contribution < 1.29 is 22.6 Å². The molecule has 26 heavy (non-hydrogen) atoms. The highest BCUT2D eigenvalue weighted by molar-refractivity contribution is 14.0. The molecule has 150 valence electrons. The van der Waals surface area contributed by atoms with E-state index in [-0.39, 0.29) is 30.5 Å². The van der Waals surface area contributed by atoms with E-state index in [1.807, 2.05) is 12.1 Å². The van der Waals surface area contributed by atoms with Gasteiger partial charge in [0, 0.05) is 20.1 Å². The molecule has 0 aliphatic heterocycles. The number of methoxy groups -OCH3 is 1. The molecule has 6 nitrogen and oxygen atoms in total. The molecule has 2 N–H and O–H groups in total. The van der Waals surface area contributed by atoms with E-state index in [0.717, 1.165) is 11.5 Å². The van der Waals surface area contributed by atoms with Crippen LogP contribution in [0.25, 0.3) is 0 Å². The molecule has 0 atom stereocenters. The van der Waals surface area contributed by atoms with Gasteiger partial charge in [-0.3, -0.25) is 9.89 Å². The molecule has 0 heterocycles. The summed E-state index contributed by atoms with van der Waals surface area (Å²) in [5.74, 6) is 1.99. The highest BCUT2D eigenvalue weighted by Gasteiger charge is 2.28. The van der Waals surface area contributed by atoms with Crippen LogP contribution in [0.5, 0.6) is 11.5 Å². The van der Waals surface area contributed by atoms with Crippen molar-refractivity contribution in [3.05, 3.63) is 24.3 Å². The average Bonchev–Trinajstić information content (AvgIpc) is 2.56. The zero-order chi connectivity index (χ0) is 18.7. The molecule has 0 radical (unpaired) electrons. The van der Waals surface area contributed by atoms with Gasteiger partial charge in [0.05, 0.1) is 20.2 Å². The maximum atomic E-state index is 12.2. The summed E-state index contributed by atoms with van der Waals surface area (Å²) in [7, 11) is 4.62. The van der Waals surface area contributed by atoms with Gasteiger partial charge in [0.2, 0.25) is 0 Å². The molecule has 0 aliphatic rings. The first-order valence-electron chi connectivity index (χ1n) is 7.80. The number of alkyl halides is 3. The Bertz CT molecular complexity index is 527. The zero-order valence-corrected chi connectivity index (χ0v) is 17.4. The van der Waals surface area contributed by atoms with Crippen LogP contribution in [0.2, 0.25) is 0 Å². The summed E-state index contributed by atoms with van der Waals surface area (Å²) in [5, 5.41) is 5.99. The van der Waals surface area contributed by atoms with Gasteiger partial charge in [-0.05, 0) is 31.3 Å². The number of likely N-dealkylation sites (N-methyl/N-ethyl adjacent to an activating group) is 1. The molecule has 0 aliphatic carbocycles. The first-order chi connectivity index (χ1) is 11.8. The molecule has 0 fully saturated rings. The van der Waals surface area contributed by atoms with Crippen molar-refractivity contribution in [1.29, 1.82) is 0 Å². The topological polar surface area (TPSA) is 58.1 Å². The largest absolute Gasteiger partial charge is 0.497 e. The van der Waals surface area contributed by atoms with Crippen molar-refractivity contribution >= 4 is 29.9 Å². The Morgan fingerprint density at radius 3 is 2.23 bits per heavy atom. The lowest BCUT2D eigenvalue weighted by Crippen LogP contribution is -2.43. The average molecular weight is 490 g/mol. The van der Waals surface area contributed by atoms with E-state index >= 15 is 0 Å². The standard InChI is InChI=1S/C16H25F3N4O2.HI/c1-20-15(21-8-10-23(2)12-16(17,18)19)22-9-11-25-14-6-4-13(24-3)5-7-14;/h4-7H,8-12H2,1-3H3,(H2,20,21,22);1H. The van der Waals surface area contributed by atoms with E-state index in [1.54, 1.807) is 26.3 Å². The Labute approximate surface area is 169 Å². The summed E-state index contributed by atoms with van der Waals surface area (Å²) in [6.45, 7) is 0.593. The van der Waals surface area contributed by atoms with Crippen molar-refractivity contribution in [2.24, 2.45) is 4.99 Å². The fraction of sp³-hybridized carbons (Fsp3) is 0.562. The second kappa shape index (κ2) is 12.8. The number of aliphatic imine (C=N–C) groups is 1. The van der Waals surface area contributed by atoms with E-state index < -0.39 is 12.7 Å². The molecule has 10 heteroatoms. The van der Waals surface area contributed by atoms with Gasteiger partial charge in [-0.15, -0.1) is 24.0 Å². The maximum Gasteiger partial charge on any atom is 0.401 e. The Hall–Kier alpha value is -1.43. The number of halogens is 4. The van der Waals surface area contributed by atoms with Crippen LogP contribution in [0.4, 0.5) is 13.2 Å². The van der Waals surface area contributed by atoms with Crippen molar-refractivity contribution in [1.82, 2.24) is 15.5 Å². The van der Waals surface area contributed by atoms with Crippen LogP contribution >= 0.6 is 24.0 Å². The number of guanidine groups is 1. The Morgan fingerprint density at radius 1 is 1.12 bits per heavy atom. The number of nitrogens with zero attached hydrogens (tertiary/aromatic N) is 2. The van der Waals surface area contributed by atoms with E-state index in [2.05, 4.69) is 15.6 Å². The van der Waals surface area contributed by atoms with Crippen LogP contribution in [-0.4, -0.2) is 71.0 Å². The third-order valence-corrected chi connectivity index (χ3v) is 3.18.